The number of nitrogens with zero attached hydrogens (tertiary/aromatic N) is 1. The summed E-state index contributed by atoms with van der Waals surface area (Å²) in [6.07, 6.45) is -4.77. The van der Waals surface area contributed by atoms with Crippen molar-refractivity contribution >= 4 is 22.5 Å². The average molecular weight is 408 g/mol. The first-order valence-electron chi connectivity index (χ1n) is 9.01. The first kappa shape index (κ1) is 19.4. The zero-order valence-corrected chi connectivity index (χ0v) is 15.5. The SMILES string of the molecule is O=C(Nc1ccc(OC(F)(F)F)cc1)c1cc(-c2ccccc2)nc2ccccc12. The van der Waals surface area contributed by atoms with Crippen molar-refractivity contribution in [3.05, 3.63) is 90.5 Å². The van der Waals surface area contributed by atoms with E-state index >= 15 is 0 Å². The Balaban J connectivity index is 1.66. The lowest BCUT2D eigenvalue weighted by Crippen LogP contribution is -2.17. The fraction of sp³-hybridized carbons (Fsp3) is 0.0435. The van der Waals surface area contributed by atoms with Crippen LogP contribution >= 0.6 is 0 Å². The van der Waals surface area contributed by atoms with Crippen molar-refractivity contribution in [1.82, 2.24) is 4.98 Å². The molecule has 0 bridgehead atoms. The van der Waals surface area contributed by atoms with Crippen molar-refractivity contribution in [2.45, 2.75) is 6.36 Å². The lowest BCUT2D eigenvalue weighted by Gasteiger charge is -2.12. The van der Waals surface area contributed by atoms with Gasteiger partial charge in [-0.25, -0.2) is 4.98 Å². The van der Waals surface area contributed by atoms with Gasteiger partial charge >= 0.3 is 6.36 Å². The minimum absolute atomic E-state index is 0.344. The summed E-state index contributed by atoms with van der Waals surface area (Å²) in [6.45, 7) is 0. The predicted molar refractivity (Wildman–Crippen MR) is 108 cm³/mol. The van der Waals surface area contributed by atoms with E-state index in [1.165, 1.54) is 12.1 Å². The van der Waals surface area contributed by atoms with Crippen molar-refractivity contribution in [1.29, 1.82) is 0 Å². The second-order valence-corrected chi connectivity index (χ2v) is 6.46. The number of alkyl halides is 3. The summed E-state index contributed by atoms with van der Waals surface area (Å²) in [7, 11) is 0. The van der Waals surface area contributed by atoms with E-state index in [2.05, 4.69) is 15.0 Å². The summed E-state index contributed by atoms with van der Waals surface area (Å²) in [6, 6.07) is 23.4. The van der Waals surface area contributed by atoms with Crippen LogP contribution < -0.4 is 10.1 Å². The Bertz CT molecular complexity index is 1190. The van der Waals surface area contributed by atoms with Crippen LogP contribution in [0.1, 0.15) is 10.4 Å². The number of para-hydroxylation sites is 1. The molecule has 4 nitrogen and oxygen atoms in total. The molecule has 0 unspecified atom stereocenters. The van der Waals surface area contributed by atoms with Gasteiger partial charge in [-0.05, 0) is 36.4 Å². The second kappa shape index (κ2) is 7.87. The third kappa shape index (κ3) is 4.41. The van der Waals surface area contributed by atoms with E-state index in [0.717, 1.165) is 17.7 Å². The quantitative estimate of drug-likeness (QED) is 0.447. The number of carbonyl (C=O) groups is 1. The third-order valence-electron chi connectivity index (χ3n) is 4.38. The maximum absolute atomic E-state index is 13.0. The summed E-state index contributed by atoms with van der Waals surface area (Å²) in [5.41, 5.74) is 2.93. The molecule has 1 heterocycles. The molecular weight excluding hydrogens is 393 g/mol. The molecule has 30 heavy (non-hydrogen) atoms. The standard InChI is InChI=1S/C23H15F3N2O2/c24-23(25,26)30-17-12-10-16(11-13-17)27-22(29)19-14-21(15-6-2-1-3-7-15)28-20-9-5-4-8-18(19)20/h1-14H,(H,27,29). The topological polar surface area (TPSA) is 51.2 Å². The molecule has 3 aromatic carbocycles. The van der Waals surface area contributed by atoms with E-state index < -0.39 is 12.3 Å². The van der Waals surface area contributed by atoms with E-state index in [1.807, 2.05) is 48.5 Å². The lowest BCUT2D eigenvalue weighted by atomic mass is 10.0. The Labute approximate surface area is 169 Å². The molecule has 0 aliphatic carbocycles. The summed E-state index contributed by atoms with van der Waals surface area (Å²) >= 11 is 0. The van der Waals surface area contributed by atoms with Gasteiger partial charge in [-0.1, -0.05) is 48.5 Å². The molecule has 1 amide bonds. The second-order valence-electron chi connectivity index (χ2n) is 6.46. The Morgan fingerprint density at radius 3 is 2.23 bits per heavy atom. The molecule has 1 N–H and O–H groups in total. The molecule has 0 fully saturated rings. The number of aromatic nitrogens is 1. The van der Waals surface area contributed by atoms with Gasteiger partial charge in [-0.3, -0.25) is 4.79 Å². The van der Waals surface area contributed by atoms with Gasteiger partial charge in [0.25, 0.3) is 5.91 Å². The molecule has 0 saturated carbocycles. The van der Waals surface area contributed by atoms with Gasteiger partial charge in [0.05, 0.1) is 16.8 Å². The number of carbonyl (C=O) groups excluding carboxylic acids is 1. The molecular formula is C23H15F3N2O2. The van der Waals surface area contributed by atoms with Crippen LogP contribution in [0.2, 0.25) is 0 Å². The van der Waals surface area contributed by atoms with Gasteiger partial charge < -0.3 is 10.1 Å². The molecule has 0 aliphatic rings. The van der Waals surface area contributed by atoms with Crippen LogP contribution in [0.3, 0.4) is 0 Å². The Morgan fingerprint density at radius 2 is 1.53 bits per heavy atom. The Kier molecular flexibility index (Phi) is 5.10. The van der Waals surface area contributed by atoms with Gasteiger partial charge in [0.1, 0.15) is 5.75 Å². The fourth-order valence-corrected chi connectivity index (χ4v) is 3.06. The summed E-state index contributed by atoms with van der Waals surface area (Å²) in [5, 5.41) is 3.39. The molecule has 0 radical (unpaired) electrons. The Morgan fingerprint density at radius 1 is 0.867 bits per heavy atom. The highest BCUT2D eigenvalue weighted by Crippen LogP contribution is 2.27. The summed E-state index contributed by atoms with van der Waals surface area (Å²) in [4.78, 5) is 17.6. The van der Waals surface area contributed by atoms with Crippen LogP contribution in [0.5, 0.6) is 5.75 Å². The minimum Gasteiger partial charge on any atom is -0.406 e. The van der Waals surface area contributed by atoms with Crippen LogP contribution in [0, 0.1) is 0 Å². The highest BCUT2D eigenvalue weighted by atomic mass is 19.4. The molecule has 150 valence electrons. The number of hydrogen-bond donors (Lipinski definition) is 1. The monoisotopic (exact) mass is 408 g/mol. The molecule has 0 atom stereocenters. The molecule has 0 aliphatic heterocycles. The smallest absolute Gasteiger partial charge is 0.406 e. The number of pyridine rings is 1. The zero-order chi connectivity index (χ0) is 21.1. The molecule has 4 aromatic rings. The number of ether oxygens (including phenoxy) is 1. The normalized spacial score (nSPS) is 11.3. The first-order valence-corrected chi connectivity index (χ1v) is 9.01. The van der Waals surface area contributed by atoms with Crippen molar-refractivity contribution in [2.75, 3.05) is 5.32 Å². The number of amides is 1. The first-order chi connectivity index (χ1) is 14.4. The molecule has 1 aromatic heterocycles. The predicted octanol–water partition coefficient (Wildman–Crippen LogP) is 6.05. The van der Waals surface area contributed by atoms with Gasteiger partial charge in [0.15, 0.2) is 0 Å². The molecule has 0 spiro atoms. The fourth-order valence-electron chi connectivity index (χ4n) is 3.06. The number of fused-ring (bicyclic) bond motifs is 1. The average Bonchev–Trinajstić information content (AvgIpc) is 2.74. The zero-order valence-electron chi connectivity index (χ0n) is 15.5. The van der Waals surface area contributed by atoms with Crippen molar-refractivity contribution in [2.24, 2.45) is 0 Å². The van der Waals surface area contributed by atoms with Gasteiger partial charge in [-0.2, -0.15) is 0 Å². The van der Waals surface area contributed by atoms with Crippen molar-refractivity contribution in [3.63, 3.8) is 0 Å². The number of halogens is 3. The summed E-state index contributed by atoms with van der Waals surface area (Å²) < 4.78 is 40.8. The van der Waals surface area contributed by atoms with E-state index in [4.69, 9.17) is 0 Å². The minimum atomic E-state index is -4.77. The number of rotatable bonds is 4. The lowest BCUT2D eigenvalue weighted by molar-refractivity contribution is -0.274. The molecule has 0 saturated heterocycles. The van der Waals surface area contributed by atoms with E-state index in [9.17, 15) is 18.0 Å². The van der Waals surface area contributed by atoms with Crippen LogP contribution in [0.25, 0.3) is 22.2 Å². The van der Waals surface area contributed by atoms with E-state index in [1.54, 1.807) is 12.1 Å². The number of nitrogens with one attached hydrogen (secondary N) is 1. The van der Waals surface area contributed by atoms with Gasteiger partial charge in [0.2, 0.25) is 0 Å². The van der Waals surface area contributed by atoms with Crippen molar-refractivity contribution < 1.29 is 22.7 Å². The van der Waals surface area contributed by atoms with Crippen LogP contribution in [0.4, 0.5) is 18.9 Å². The molecule has 4 rings (SSSR count). The maximum Gasteiger partial charge on any atom is 0.573 e. The van der Waals surface area contributed by atoms with Gasteiger partial charge in [0, 0.05) is 16.6 Å². The van der Waals surface area contributed by atoms with Crippen LogP contribution in [-0.4, -0.2) is 17.3 Å². The van der Waals surface area contributed by atoms with Crippen LogP contribution in [-0.2, 0) is 0 Å². The number of hydrogen-bond acceptors (Lipinski definition) is 3. The van der Waals surface area contributed by atoms with Gasteiger partial charge in [-0.15, -0.1) is 13.2 Å². The highest BCUT2D eigenvalue weighted by molar-refractivity contribution is 6.13. The Hall–Kier alpha value is -3.87. The highest BCUT2D eigenvalue weighted by Gasteiger charge is 2.31. The van der Waals surface area contributed by atoms with E-state index in [0.29, 0.717) is 27.8 Å². The summed E-state index contributed by atoms with van der Waals surface area (Å²) in [5.74, 6) is -0.753. The largest absolute Gasteiger partial charge is 0.573 e. The number of benzene rings is 3. The third-order valence-corrected chi connectivity index (χ3v) is 4.38. The molecule has 7 heteroatoms. The number of anilines is 1. The van der Waals surface area contributed by atoms with Crippen molar-refractivity contribution in [3.8, 4) is 17.0 Å². The maximum atomic E-state index is 13.0. The van der Waals surface area contributed by atoms with Crippen LogP contribution in [0.15, 0.2) is 84.9 Å². The van der Waals surface area contributed by atoms with E-state index in [-0.39, 0.29) is 5.75 Å².